The standard InChI is InChI=1S/C25H19BrFN3O4S/c1-2-34-22(31)11-18(9-4-3-8(27)7-10(9)26)29-20(21-28-5-6-35-21)30-19(11)24-12-15-13(24)17-14(24)16(12)25(15,17)23(32)33/h3-7,12-18H,2H2,1H3,(H,29,30)(H,32,33). The normalized spacial score (nSPS) is 42.3. The highest BCUT2D eigenvalue weighted by atomic mass is 79.9. The van der Waals surface area contributed by atoms with Gasteiger partial charge in [-0.25, -0.2) is 14.2 Å². The lowest BCUT2D eigenvalue weighted by molar-refractivity contribution is -0.633. The highest BCUT2D eigenvalue weighted by Crippen LogP contribution is 3.11. The number of esters is 1. The Morgan fingerprint density at radius 2 is 1.94 bits per heavy atom. The summed E-state index contributed by atoms with van der Waals surface area (Å²) < 4.78 is 20.0. The summed E-state index contributed by atoms with van der Waals surface area (Å²) in [5.74, 6) is 0.536. The molecule has 2 heterocycles. The van der Waals surface area contributed by atoms with Crippen LogP contribution in [0.4, 0.5) is 4.39 Å². The average molecular weight is 556 g/mol. The van der Waals surface area contributed by atoms with Crippen LogP contribution in [0.15, 0.2) is 50.5 Å². The number of nitrogens with one attached hydrogen (secondary N) is 1. The van der Waals surface area contributed by atoms with Crippen LogP contribution in [0.3, 0.4) is 0 Å². The van der Waals surface area contributed by atoms with Crippen molar-refractivity contribution in [2.75, 3.05) is 6.61 Å². The molecule has 0 spiro atoms. The molecule has 1 atom stereocenters. The lowest BCUT2D eigenvalue weighted by Gasteiger charge is -3.10. The first-order chi connectivity index (χ1) is 16.9. The molecule has 2 N–H and O–H groups in total. The van der Waals surface area contributed by atoms with Crippen LogP contribution in [0.25, 0.3) is 0 Å². The maximum absolute atomic E-state index is 14.0. The first-order valence-electron chi connectivity index (χ1n) is 11.7. The number of amidine groups is 1. The molecule has 1 unspecified atom stereocenters. The van der Waals surface area contributed by atoms with Crippen LogP contribution in [0.2, 0.25) is 0 Å². The van der Waals surface area contributed by atoms with Gasteiger partial charge in [-0.05, 0) is 60.1 Å². The molecule has 2 aromatic rings. The second kappa shape index (κ2) is 6.21. The van der Waals surface area contributed by atoms with Crippen molar-refractivity contribution in [1.82, 2.24) is 10.3 Å². The zero-order chi connectivity index (χ0) is 24.0. The van der Waals surface area contributed by atoms with Crippen molar-refractivity contribution in [2.24, 2.45) is 51.3 Å². The second-order valence-corrected chi connectivity index (χ2v) is 12.1. The van der Waals surface area contributed by atoms with Crippen LogP contribution in [0, 0.1) is 52.2 Å². The van der Waals surface area contributed by atoms with Gasteiger partial charge < -0.3 is 15.2 Å². The largest absolute Gasteiger partial charge is 0.481 e. The predicted octanol–water partition coefficient (Wildman–Crippen LogP) is 3.78. The fraction of sp³-hybridized carbons (Fsp3) is 0.440. The van der Waals surface area contributed by atoms with Crippen molar-refractivity contribution in [1.29, 1.82) is 0 Å². The monoisotopic (exact) mass is 555 g/mol. The SMILES string of the molecule is CCOC(=O)C1=C(C23C4C5C2C2C3C4C52C(=O)O)NC(c2nccs2)=NC1c1ccc(F)cc1Br. The number of aliphatic carboxylic acids is 1. The summed E-state index contributed by atoms with van der Waals surface area (Å²) in [5.41, 5.74) is 1.20. The number of carbonyl (C=O) groups is 2. The van der Waals surface area contributed by atoms with Crippen LogP contribution in [-0.2, 0) is 14.3 Å². The maximum atomic E-state index is 14.0. The number of carboxylic acids is 1. The van der Waals surface area contributed by atoms with Gasteiger partial charge in [0.1, 0.15) is 11.9 Å². The smallest absolute Gasteiger partial charge is 0.338 e. The molecule has 6 saturated carbocycles. The fourth-order valence-corrected chi connectivity index (χ4v) is 10.3. The molecule has 1 aromatic carbocycles. The minimum absolute atomic E-state index is 0.205. The number of hydrogen-bond donors (Lipinski definition) is 2. The molecule has 35 heavy (non-hydrogen) atoms. The third kappa shape index (κ3) is 1.87. The van der Waals surface area contributed by atoms with E-state index in [-0.39, 0.29) is 53.3 Å². The van der Waals surface area contributed by atoms with Gasteiger partial charge in [0.05, 0.1) is 17.6 Å². The summed E-state index contributed by atoms with van der Waals surface area (Å²) >= 11 is 4.92. The van der Waals surface area contributed by atoms with Crippen molar-refractivity contribution in [3.8, 4) is 0 Å². The van der Waals surface area contributed by atoms with Crippen molar-refractivity contribution in [2.45, 2.75) is 13.0 Å². The van der Waals surface area contributed by atoms with Gasteiger partial charge >= 0.3 is 11.9 Å². The Bertz CT molecular complexity index is 1380. The van der Waals surface area contributed by atoms with E-state index in [2.05, 4.69) is 26.2 Å². The Hall–Kier alpha value is -2.59. The molecule has 1 aromatic heterocycles. The van der Waals surface area contributed by atoms with Crippen molar-refractivity contribution in [3.63, 3.8) is 0 Å². The van der Waals surface area contributed by atoms with Crippen LogP contribution in [-0.4, -0.2) is 34.5 Å². The molecule has 6 aliphatic carbocycles. The number of ether oxygens (including phenoxy) is 1. The minimum Gasteiger partial charge on any atom is -0.481 e. The number of carbonyl (C=O) groups excluding carboxylic acids is 1. The first-order valence-corrected chi connectivity index (χ1v) is 13.4. The maximum Gasteiger partial charge on any atom is 0.338 e. The number of hydrogen-bond acceptors (Lipinski definition) is 7. The molecular weight excluding hydrogens is 537 g/mol. The molecule has 1 aliphatic heterocycles. The van der Waals surface area contributed by atoms with Gasteiger partial charge in [0.25, 0.3) is 0 Å². The quantitative estimate of drug-likeness (QED) is 0.526. The van der Waals surface area contributed by atoms with Crippen molar-refractivity contribution >= 4 is 45.0 Å². The lowest BCUT2D eigenvalue weighted by Crippen LogP contribution is -3.11. The molecule has 0 amide bonds. The van der Waals surface area contributed by atoms with Crippen LogP contribution in [0.1, 0.15) is 23.5 Å². The van der Waals surface area contributed by atoms with Gasteiger partial charge in [-0.1, -0.05) is 22.0 Å². The number of carboxylic acid groups (broad SMARTS) is 1. The summed E-state index contributed by atoms with van der Waals surface area (Å²) in [6.07, 6.45) is 1.71. The molecule has 10 heteroatoms. The van der Waals surface area contributed by atoms with Crippen LogP contribution >= 0.6 is 27.3 Å². The molecule has 0 radical (unpaired) electrons. The highest BCUT2D eigenvalue weighted by Gasteiger charge is 3.12. The van der Waals surface area contributed by atoms with Gasteiger partial charge in [0.2, 0.25) is 0 Å². The Kier molecular flexibility index (Phi) is 3.65. The molecule has 7 aliphatic rings. The molecule has 6 fully saturated rings. The highest BCUT2D eigenvalue weighted by molar-refractivity contribution is 9.10. The van der Waals surface area contributed by atoms with Gasteiger partial charge in [0, 0.05) is 27.2 Å². The fourth-order valence-electron chi connectivity index (χ4n) is 9.17. The molecular formula is C25H19BrFN3O4S. The van der Waals surface area contributed by atoms with E-state index in [1.807, 2.05) is 5.38 Å². The summed E-state index contributed by atoms with van der Waals surface area (Å²) in [7, 11) is 0. The molecule has 7 nitrogen and oxygen atoms in total. The zero-order valence-electron chi connectivity index (χ0n) is 18.4. The van der Waals surface area contributed by atoms with E-state index in [1.54, 1.807) is 19.2 Å². The predicted molar refractivity (Wildman–Crippen MR) is 126 cm³/mol. The van der Waals surface area contributed by atoms with E-state index in [1.165, 1.54) is 23.5 Å². The van der Waals surface area contributed by atoms with E-state index in [0.717, 1.165) is 5.70 Å². The van der Waals surface area contributed by atoms with Crippen molar-refractivity contribution < 1.29 is 23.8 Å². The van der Waals surface area contributed by atoms with E-state index >= 15 is 0 Å². The van der Waals surface area contributed by atoms with E-state index < -0.39 is 23.4 Å². The Morgan fingerprint density at radius 1 is 1.23 bits per heavy atom. The number of rotatable bonds is 6. The number of halogens is 2. The first kappa shape index (κ1) is 20.6. The van der Waals surface area contributed by atoms with Crippen molar-refractivity contribution in [3.05, 3.63) is 61.9 Å². The number of thiazole rings is 1. The van der Waals surface area contributed by atoms with Gasteiger partial charge in [-0.2, -0.15) is 0 Å². The Balaban J connectivity index is 1.30. The van der Waals surface area contributed by atoms with E-state index in [4.69, 9.17) is 9.73 Å². The van der Waals surface area contributed by atoms with Crippen LogP contribution < -0.4 is 5.32 Å². The van der Waals surface area contributed by atoms with Gasteiger partial charge in [0.15, 0.2) is 10.8 Å². The van der Waals surface area contributed by atoms with Gasteiger partial charge in [-0.3, -0.25) is 9.79 Å². The lowest BCUT2D eigenvalue weighted by atomic mass is 8.92. The topological polar surface area (TPSA) is 101 Å². The molecule has 0 saturated heterocycles. The third-order valence-electron chi connectivity index (χ3n) is 9.87. The summed E-state index contributed by atoms with van der Waals surface area (Å²) in [6, 6.07) is 3.69. The van der Waals surface area contributed by atoms with Crippen LogP contribution in [0.5, 0.6) is 0 Å². The van der Waals surface area contributed by atoms with E-state index in [0.29, 0.717) is 26.5 Å². The number of allylic oxidation sites excluding steroid dienone is 1. The Morgan fingerprint density at radius 3 is 2.51 bits per heavy atom. The molecule has 0 bridgehead atoms. The molecule has 9 rings (SSSR count). The summed E-state index contributed by atoms with van der Waals surface area (Å²) in [6.45, 7) is 1.98. The minimum atomic E-state index is -0.701. The second-order valence-electron chi connectivity index (χ2n) is 10.3. The zero-order valence-corrected chi connectivity index (χ0v) is 20.8. The molecule has 178 valence electrons. The van der Waals surface area contributed by atoms with Gasteiger partial charge in [-0.15, -0.1) is 11.3 Å². The van der Waals surface area contributed by atoms with E-state index in [9.17, 15) is 19.1 Å². The number of benzene rings is 1. The summed E-state index contributed by atoms with van der Waals surface area (Å²) in [4.78, 5) is 34.9. The Labute approximate surface area is 211 Å². The third-order valence-corrected chi connectivity index (χ3v) is 11.3. The summed E-state index contributed by atoms with van der Waals surface area (Å²) in [5, 5.41) is 16.0. The average Bonchev–Trinajstić information content (AvgIpc) is 3.38. The number of aromatic nitrogens is 1. The number of aliphatic imine (C=N–C) groups is 1. The number of nitrogens with zero attached hydrogens (tertiary/aromatic N) is 2.